The normalized spacial score (nSPS) is 15.0. The van der Waals surface area contributed by atoms with Crippen molar-refractivity contribution in [2.75, 3.05) is 18.0 Å². The van der Waals surface area contributed by atoms with Crippen molar-refractivity contribution in [1.82, 2.24) is 15.0 Å². The predicted octanol–water partition coefficient (Wildman–Crippen LogP) is 1.84. The van der Waals surface area contributed by atoms with E-state index in [4.69, 9.17) is 0 Å². The largest absolute Gasteiger partial charge is 0.503 e. The first-order chi connectivity index (χ1) is 8.84. The summed E-state index contributed by atoms with van der Waals surface area (Å²) in [4.78, 5) is 14.9. The smallest absolute Gasteiger partial charge is 0.180 e. The summed E-state index contributed by atoms with van der Waals surface area (Å²) in [6, 6.07) is 5.61. The Morgan fingerprint density at radius 3 is 2.67 bits per heavy atom. The van der Waals surface area contributed by atoms with Gasteiger partial charge in [-0.1, -0.05) is 6.07 Å². The van der Waals surface area contributed by atoms with Crippen LogP contribution in [0, 0.1) is 0 Å². The van der Waals surface area contributed by atoms with Gasteiger partial charge in [0.25, 0.3) is 0 Å². The zero-order valence-electron chi connectivity index (χ0n) is 9.95. The number of nitrogens with zero attached hydrogens (tertiary/aromatic N) is 4. The predicted molar refractivity (Wildman–Crippen MR) is 68.4 cm³/mol. The average molecular weight is 242 g/mol. The van der Waals surface area contributed by atoms with E-state index in [9.17, 15) is 5.11 Å². The monoisotopic (exact) mass is 242 g/mol. The first kappa shape index (κ1) is 11.0. The van der Waals surface area contributed by atoms with E-state index in [1.54, 1.807) is 6.20 Å². The molecule has 0 aliphatic carbocycles. The van der Waals surface area contributed by atoms with Crippen LogP contribution in [-0.2, 0) is 0 Å². The van der Waals surface area contributed by atoms with Gasteiger partial charge in [0.15, 0.2) is 17.4 Å². The van der Waals surface area contributed by atoms with Gasteiger partial charge in [0, 0.05) is 19.3 Å². The van der Waals surface area contributed by atoms with Gasteiger partial charge in [-0.2, -0.15) is 0 Å². The van der Waals surface area contributed by atoms with Crippen molar-refractivity contribution in [2.24, 2.45) is 0 Å². The molecule has 3 rings (SSSR count). The summed E-state index contributed by atoms with van der Waals surface area (Å²) in [5.41, 5.74) is 0.720. The second-order valence-electron chi connectivity index (χ2n) is 4.31. The molecule has 0 saturated carbocycles. The molecule has 1 aliphatic heterocycles. The summed E-state index contributed by atoms with van der Waals surface area (Å²) in [6.07, 6.45) is 5.44. The summed E-state index contributed by atoms with van der Waals surface area (Å²) >= 11 is 0. The van der Waals surface area contributed by atoms with Gasteiger partial charge in [-0.3, -0.25) is 4.98 Å². The molecule has 1 aliphatic rings. The summed E-state index contributed by atoms with van der Waals surface area (Å²) in [7, 11) is 0. The van der Waals surface area contributed by atoms with Crippen molar-refractivity contribution in [1.29, 1.82) is 0 Å². The Kier molecular flexibility index (Phi) is 2.80. The van der Waals surface area contributed by atoms with E-state index in [0.29, 0.717) is 11.6 Å². The Labute approximate surface area is 105 Å². The minimum absolute atomic E-state index is 0.136. The third kappa shape index (κ3) is 1.99. The summed E-state index contributed by atoms with van der Waals surface area (Å²) in [6.45, 7) is 1.87. The van der Waals surface area contributed by atoms with E-state index in [1.807, 2.05) is 18.2 Å². The van der Waals surface area contributed by atoms with Crippen LogP contribution in [0.3, 0.4) is 0 Å². The topological polar surface area (TPSA) is 62.1 Å². The highest BCUT2D eigenvalue weighted by Crippen LogP contribution is 2.28. The number of hydrogen-bond donors (Lipinski definition) is 1. The van der Waals surface area contributed by atoms with Gasteiger partial charge in [-0.05, 0) is 25.0 Å². The molecule has 5 heteroatoms. The number of anilines is 1. The van der Waals surface area contributed by atoms with Crippen LogP contribution < -0.4 is 4.90 Å². The van der Waals surface area contributed by atoms with Crippen molar-refractivity contribution < 1.29 is 5.11 Å². The first-order valence-corrected chi connectivity index (χ1v) is 6.07. The lowest BCUT2D eigenvalue weighted by Gasteiger charge is -2.17. The van der Waals surface area contributed by atoms with Gasteiger partial charge in [0.05, 0.1) is 6.20 Å². The standard InChI is InChI=1S/C13H14N4O/c18-11-9-15-12(10-5-1-2-6-14-10)16-13(11)17-7-3-4-8-17/h1-2,5-6,9,18H,3-4,7-8H2. The third-order valence-corrected chi connectivity index (χ3v) is 3.05. The number of aromatic nitrogens is 3. The molecule has 0 atom stereocenters. The second-order valence-corrected chi connectivity index (χ2v) is 4.31. The van der Waals surface area contributed by atoms with Crippen LogP contribution in [0.15, 0.2) is 30.6 Å². The summed E-state index contributed by atoms with van der Waals surface area (Å²) in [5.74, 6) is 1.30. The Bertz CT molecular complexity index is 538. The lowest BCUT2D eigenvalue weighted by molar-refractivity contribution is 0.469. The Hall–Kier alpha value is -2.17. The number of aromatic hydroxyl groups is 1. The van der Waals surface area contributed by atoms with Gasteiger partial charge >= 0.3 is 0 Å². The van der Waals surface area contributed by atoms with Gasteiger partial charge in [0.2, 0.25) is 0 Å². The molecule has 92 valence electrons. The van der Waals surface area contributed by atoms with E-state index in [1.165, 1.54) is 6.20 Å². The Morgan fingerprint density at radius 1 is 1.11 bits per heavy atom. The summed E-state index contributed by atoms with van der Waals surface area (Å²) < 4.78 is 0. The maximum atomic E-state index is 9.86. The van der Waals surface area contributed by atoms with Gasteiger partial charge in [-0.15, -0.1) is 0 Å². The molecular weight excluding hydrogens is 228 g/mol. The van der Waals surface area contributed by atoms with Crippen LogP contribution in [0.4, 0.5) is 5.82 Å². The first-order valence-electron chi connectivity index (χ1n) is 6.07. The molecule has 0 amide bonds. The molecule has 0 unspecified atom stereocenters. The van der Waals surface area contributed by atoms with Crippen LogP contribution in [0.2, 0.25) is 0 Å². The highest BCUT2D eigenvalue weighted by Gasteiger charge is 2.18. The maximum absolute atomic E-state index is 9.86. The van der Waals surface area contributed by atoms with Crippen molar-refractivity contribution >= 4 is 5.82 Å². The lowest BCUT2D eigenvalue weighted by atomic mass is 10.3. The minimum Gasteiger partial charge on any atom is -0.503 e. The molecule has 0 radical (unpaired) electrons. The van der Waals surface area contributed by atoms with E-state index in [2.05, 4.69) is 19.9 Å². The van der Waals surface area contributed by atoms with Crippen molar-refractivity contribution in [3.63, 3.8) is 0 Å². The fraction of sp³-hybridized carbons (Fsp3) is 0.308. The van der Waals surface area contributed by atoms with E-state index in [-0.39, 0.29) is 5.75 Å². The fourth-order valence-corrected chi connectivity index (χ4v) is 2.15. The molecular formula is C13H14N4O. The van der Waals surface area contributed by atoms with Gasteiger partial charge < -0.3 is 10.0 Å². The van der Waals surface area contributed by atoms with E-state index >= 15 is 0 Å². The zero-order valence-corrected chi connectivity index (χ0v) is 9.95. The molecule has 0 bridgehead atoms. The van der Waals surface area contributed by atoms with Crippen LogP contribution in [-0.4, -0.2) is 33.1 Å². The Balaban J connectivity index is 2.00. The molecule has 5 nitrogen and oxygen atoms in total. The van der Waals surface area contributed by atoms with Crippen LogP contribution in [0.5, 0.6) is 5.75 Å². The van der Waals surface area contributed by atoms with Crippen molar-refractivity contribution in [3.8, 4) is 17.3 Å². The third-order valence-electron chi connectivity index (χ3n) is 3.05. The minimum atomic E-state index is 0.136. The highest BCUT2D eigenvalue weighted by atomic mass is 16.3. The van der Waals surface area contributed by atoms with Gasteiger partial charge in [-0.25, -0.2) is 9.97 Å². The molecule has 18 heavy (non-hydrogen) atoms. The van der Waals surface area contributed by atoms with E-state index < -0.39 is 0 Å². The molecule has 1 saturated heterocycles. The van der Waals surface area contributed by atoms with Crippen LogP contribution >= 0.6 is 0 Å². The van der Waals surface area contributed by atoms with Crippen LogP contribution in [0.25, 0.3) is 11.5 Å². The second kappa shape index (κ2) is 4.60. The molecule has 1 fully saturated rings. The fourth-order valence-electron chi connectivity index (χ4n) is 2.15. The highest BCUT2D eigenvalue weighted by molar-refractivity contribution is 5.58. The molecule has 0 aromatic carbocycles. The molecule has 2 aromatic rings. The lowest BCUT2D eigenvalue weighted by Crippen LogP contribution is -2.19. The average Bonchev–Trinajstić information content (AvgIpc) is 2.94. The molecule has 2 aromatic heterocycles. The van der Waals surface area contributed by atoms with E-state index in [0.717, 1.165) is 31.6 Å². The SMILES string of the molecule is Oc1cnc(-c2ccccn2)nc1N1CCCC1. The van der Waals surface area contributed by atoms with Crippen molar-refractivity contribution in [3.05, 3.63) is 30.6 Å². The number of hydrogen-bond acceptors (Lipinski definition) is 5. The number of pyridine rings is 1. The quantitative estimate of drug-likeness (QED) is 0.870. The Morgan fingerprint density at radius 2 is 1.94 bits per heavy atom. The zero-order chi connectivity index (χ0) is 12.4. The van der Waals surface area contributed by atoms with Crippen molar-refractivity contribution in [2.45, 2.75) is 12.8 Å². The summed E-state index contributed by atoms with van der Waals surface area (Å²) in [5, 5.41) is 9.86. The molecule has 3 heterocycles. The maximum Gasteiger partial charge on any atom is 0.180 e. The van der Waals surface area contributed by atoms with Crippen LogP contribution in [0.1, 0.15) is 12.8 Å². The van der Waals surface area contributed by atoms with Gasteiger partial charge in [0.1, 0.15) is 5.69 Å². The number of rotatable bonds is 2. The molecule has 0 spiro atoms. The molecule has 1 N–H and O–H groups in total.